The third kappa shape index (κ3) is 5.83. The molecule has 1 aliphatic rings. The fourth-order valence-electron chi connectivity index (χ4n) is 4.00. The van der Waals surface area contributed by atoms with Gasteiger partial charge in [-0.05, 0) is 67.9 Å². The Morgan fingerprint density at radius 3 is 2.52 bits per heavy atom. The molecule has 1 aromatic carbocycles. The summed E-state index contributed by atoms with van der Waals surface area (Å²) >= 11 is 7.42. The molecule has 2 heterocycles. The highest BCUT2D eigenvalue weighted by Gasteiger charge is 2.40. The van der Waals surface area contributed by atoms with E-state index in [9.17, 15) is 14.5 Å². The number of rotatable bonds is 8. The molecule has 0 aliphatic carbocycles. The maximum atomic E-state index is 14.8. The lowest BCUT2D eigenvalue weighted by atomic mass is 9.94. The summed E-state index contributed by atoms with van der Waals surface area (Å²) in [5.41, 5.74) is 0.956. The van der Waals surface area contributed by atoms with E-state index in [1.54, 1.807) is 29.8 Å². The van der Waals surface area contributed by atoms with Crippen LogP contribution in [0, 0.1) is 12.8 Å². The third-order valence-electron chi connectivity index (χ3n) is 5.78. The molecule has 182 valence electrons. The zero-order chi connectivity index (χ0) is 24.4. The van der Waals surface area contributed by atoms with E-state index in [-0.39, 0.29) is 22.8 Å². The van der Waals surface area contributed by atoms with Crippen LogP contribution in [0.3, 0.4) is 0 Å². The minimum Gasteiger partial charge on any atom is -0.477 e. The van der Waals surface area contributed by atoms with Crippen LogP contribution < -0.4 is 9.97 Å². The summed E-state index contributed by atoms with van der Waals surface area (Å²) in [7, 11) is -3.66. The fourth-order valence-corrected chi connectivity index (χ4v) is 7.90. The van der Waals surface area contributed by atoms with Crippen molar-refractivity contribution < 1.29 is 23.7 Å². The zero-order valence-corrected chi connectivity index (χ0v) is 22.4. The van der Waals surface area contributed by atoms with Crippen LogP contribution in [0.25, 0.3) is 0 Å². The molecule has 1 atom stereocenters. The first-order chi connectivity index (χ1) is 15.5. The molecule has 2 aromatic rings. The maximum Gasteiger partial charge on any atom is 0.348 e. The first-order valence-electron chi connectivity index (χ1n) is 11.2. The highest BCUT2D eigenvalue weighted by Crippen LogP contribution is 2.56. The SMILES string of the molecule is CCOP(=O)(c1ccc(Cl)cc1C)N(CC1CCOCC1)c1cc(C(C)(C)C)sc1C(=O)O. The molecule has 9 heteroatoms. The van der Waals surface area contributed by atoms with E-state index in [4.69, 9.17) is 20.9 Å². The summed E-state index contributed by atoms with van der Waals surface area (Å²) in [5.74, 6) is -0.821. The first kappa shape index (κ1) is 26.2. The zero-order valence-electron chi connectivity index (χ0n) is 19.9. The van der Waals surface area contributed by atoms with Crippen molar-refractivity contribution in [2.24, 2.45) is 5.92 Å². The Balaban J connectivity index is 2.23. The average Bonchev–Trinajstić information content (AvgIpc) is 3.18. The molecule has 33 heavy (non-hydrogen) atoms. The maximum absolute atomic E-state index is 14.8. The highest BCUT2D eigenvalue weighted by atomic mass is 35.5. The molecule has 1 N–H and O–H groups in total. The standard InChI is InChI=1S/C24H33ClNO5PS/c1-6-31-32(29,20-8-7-18(25)13-16(20)2)26(15-17-9-11-30-12-10-17)19-14-21(24(3,4)5)33-22(19)23(27)28/h7-8,13-14,17H,6,9-12,15H2,1-5H3,(H,27,28). The number of carboxylic acid groups (broad SMARTS) is 1. The average molecular weight is 514 g/mol. The van der Waals surface area contributed by atoms with Gasteiger partial charge >= 0.3 is 13.5 Å². The number of nitrogens with zero attached hydrogens (tertiary/aromatic N) is 1. The van der Waals surface area contributed by atoms with Crippen molar-refractivity contribution in [2.75, 3.05) is 31.0 Å². The molecule has 1 saturated heterocycles. The van der Waals surface area contributed by atoms with E-state index in [1.165, 1.54) is 11.3 Å². The Labute approximate surface area is 205 Å². The molecule has 1 fully saturated rings. The molecule has 0 radical (unpaired) electrons. The first-order valence-corrected chi connectivity index (χ1v) is 14.0. The van der Waals surface area contributed by atoms with Crippen LogP contribution in [-0.4, -0.2) is 37.4 Å². The van der Waals surface area contributed by atoms with Crippen molar-refractivity contribution in [3.8, 4) is 0 Å². The Morgan fingerprint density at radius 1 is 1.30 bits per heavy atom. The topological polar surface area (TPSA) is 76.1 Å². The molecule has 1 aliphatic heterocycles. The van der Waals surface area contributed by atoms with E-state index < -0.39 is 13.5 Å². The summed E-state index contributed by atoms with van der Waals surface area (Å²) in [6, 6.07) is 7.09. The van der Waals surface area contributed by atoms with Crippen LogP contribution in [0.15, 0.2) is 24.3 Å². The van der Waals surface area contributed by atoms with Crippen molar-refractivity contribution in [1.29, 1.82) is 0 Å². The van der Waals surface area contributed by atoms with Gasteiger partial charge in [0.25, 0.3) is 0 Å². The molecule has 0 spiro atoms. The number of carbonyl (C=O) groups is 1. The van der Waals surface area contributed by atoms with Gasteiger partial charge in [-0.25, -0.2) is 4.79 Å². The predicted molar refractivity (Wildman–Crippen MR) is 136 cm³/mol. The van der Waals surface area contributed by atoms with Gasteiger partial charge in [0.1, 0.15) is 4.88 Å². The monoisotopic (exact) mass is 513 g/mol. The molecular formula is C24H33ClNO5PS. The Hall–Kier alpha value is -1.37. The van der Waals surface area contributed by atoms with Gasteiger partial charge < -0.3 is 14.4 Å². The van der Waals surface area contributed by atoms with Crippen LogP contribution in [-0.2, 0) is 19.2 Å². The molecule has 1 unspecified atom stereocenters. The van der Waals surface area contributed by atoms with Gasteiger partial charge in [0.2, 0.25) is 0 Å². The lowest BCUT2D eigenvalue weighted by Gasteiger charge is -2.37. The molecule has 3 rings (SSSR count). The lowest BCUT2D eigenvalue weighted by Crippen LogP contribution is -2.35. The second-order valence-corrected chi connectivity index (χ2v) is 13.1. The molecule has 0 amide bonds. The summed E-state index contributed by atoms with van der Waals surface area (Å²) in [5, 5.41) is 11.2. The Bertz CT molecular complexity index is 1040. The molecule has 0 bridgehead atoms. The van der Waals surface area contributed by atoms with E-state index in [2.05, 4.69) is 0 Å². The summed E-state index contributed by atoms with van der Waals surface area (Å²) in [6.07, 6.45) is 1.64. The number of benzene rings is 1. The summed E-state index contributed by atoms with van der Waals surface area (Å²) in [6.45, 7) is 11.7. The number of carboxylic acids is 1. The van der Waals surface area contributed by atoms with Crippen molar-refractivity contribution in [1.82, 2.24) is 0 Å². The largest absolute Gasteiger partial charge is 0.477 e. The Morgan fingerprint density at radius 2 is 1.97 bits per heavy atom. The second kappa shape index (κ2) is 10.5. The van der Waals surface area contributed by atoms with E-state index >= 15 is 0 Å². The second-order valence-electron chi connectivity index (χ2n) is 9.39. The van der Waals surface area contributed by atoms with Gasteiger partial charge in [-0.3, -0.25) is 9.24 Å². The van der Waals surface area contributed by atoms with Crippen LogP contribution >= 0.6 is 30.5 Å². The van der Waals surface area contributed by atoms with Crippen molar-refractivity contribution in [2.45, 2.75) is 52.9 Å². The molecular weight excluding hydrogens is 481 g/mol. The van der Waals surface area contributed by atoms with Crippen LogP contribution in [0.4, 0.5) is 5.69 Å². The van der Waals surface area contributed by atoms with Crippen LogP contribution in [0.2, 0.25) is 5.02 Å². The normalized spacial score (nSPS) is 17.0. The molecule has 6 nitrogen and oxygen atoms in total. The van der Waals surface area contributed by atoms with Crippen molar-refractivity contribution in [3.63, 3.8) is 0 Å². The lowest BCUT2D eigenvalue weighted by molar-refractivity contribution is 0.0683. The van der Waals surface area contributed by atoms with Gasteiger partial charge in [0, 0.05) is 29.7 Å². The van der Waals surface area contributed by atoms with Gasteiger partial charge in [-0.15, -0.1) is 11.3 Å². The third-order valence-corrected chi connectivity index (χ3v) is 10.3. The summed E-state index contributed by atoms with van der Waals surface area (Å²) in [4.78, 5) is 13.4. The predicted octanol–water partition coefficient (Wildman–Crippen LogP) is 6.49. The van der Waals surface area contributed by atoms with Crippen molar-refractivity contribution in [3.05, 3.63) is 44.6 Å². The minimum absolute atomic E-state index is 0.179. The van der Waals surface area contributed by atoms with Gasteiger partial charge in [-0.2, -0.15) is 0 Å². The number of hydrogen-bond donors (Lipinski definition) is 1. The quantitative estimate of drug-likeness (QED) is 0.406. The molecule has 1 aromatic heterocycles. The number of aromatic carboxylic acids is 1. The van der Waals surface area contributed by atoms with Crippen LogP contribution in [0.1, 0.15) is 60.6 Å². The van der Waals surface area contributed by atoms with Crippen molar-refractivity contribution >= 4 is 47.4 Å². The van der Waals surface area contributed by atoms with Gasteiger partial charge in [0.15, 0.2) is 0 Å². The van der Waals surface area contributed by atoms with Gasteiger partial charge in [-0.1, -0.05) is 32.4 Å². The molecule has 0 saturated carbocycles. The number of anilines is 1. The number of hydrogen-bond acceptors (Lipinski definition) is 5. The number of aryl methyl sites for hydroxylation is 1. The summed E-state index contributed by atoms with van der Waals surface area (Å²) < 4.78 is 28.1. The number of halogens is 1. The Kier molecular flexibility index (Phi) is 8.34. The number of ether oxygens (including phenoxy) is 1. The highest BCUT2D eigenvalue weighted by molar-refractivity contribution is 7.68. The van der Waals surface area contributed by atoms with Crippen LogP contribution in [0.5, 0.6) is 0 Å². The van der Waals surface area contributed by atoms with E-state index in [1.807, 2.05) is 33.8 Å². The number of thiophene rings is 1. The minimum atomic E-state index is -3.66. The fraction of sp³-hybridized carbons (Fsp3) is 0.542. The van der Waals surface area contributed by atoms with E-state index in [0.29, 0.717) is 35.8 Å². The van der Waals surface area contributed by atoms with E-state index in [0.717, 1.165) is 23.3 Å². The van der Waals surface area contributed by atoms with Gasteiger partial charge in [0.05, 0.1) is 17.6 Å². The smallest absolute Gasteiger partial charge is 0.348 e.